The second-order valence-electron chi connectivity index (χ2n) is 6.75. The molecule has 0 bridgehead atoms. The Hall–Kier alpha value is -3.04. The minimum Gasteiger partial charge on any atom is -0.425 e. The first-order valence-corrected chi connectivity index (χ1v) is 10.6. The Morgan fingerprint density at radius 1 is 1.17 bits per heavy atom. The predicted octanol–water partition coefficient (Wildman–Crippen LogP) is 3.03. The lowest BCUT2D eigenvalue weighted by Gasteiger charge is -2.17. The summed E-state index contributed by atoms with van der Waals surface area (Å²) in [6, 6.07) is 8.90. The monoisotopic (exact) mass is 433 g/mol. The molecule has 0 radical (unpaired) electrons. The molecule has 0 aliphatic rings. The van der Waals surface area contributed by atoms with Gasteiger partial charge in [0.1, 0.15) is 23.7 Å². The smallest absolute Gasteiger partial charge is 0.336 e. The number of ether oxygens (including phenoxy) is 1. The van der Waals surface area contributed by atoms with Gasteiger partial charge in [0.25, 0.3) is 0 Å². The van der Waals surface area contributed by atoms with Crippen molar-refractivity contribution >= 4 is 27.0 Å². The van der Waals surface area contributed by atoms with Crippen molar-refractivity contribution in [1.82, 2.24) is 4.31 Å². The second kappa shape index (κ2) is 8.37. The Morgan fingerprint density at radius 3 is 2.47 bits per heavy atom. The Morgan fingerprint density at radius 2 is 1.83 bits per heavy atom. The van der Waals surface area contributed by atoms with Gasteiger partial charge in [0.05, 0.1) is 4.90 Å². The number of nitrogens with zero attached hydrogens (tertiary/aromatic N) is 1. The normalized spacial score (nSPS) is 11.8. The summed E-state index contributed by atoms with van der Waals surface area (Å²) in [6.07, 6.45) is 0.542. The average Bonchev–Trinajstić information content (AvgIpc) is 2.67. The summed E-state index contributed by atoms with van der Waals surface area (Å²) < 4.78 is 49.5. The summed E-state index contributed by atoms with van der Waals surface area (Å²) >= 11 is 0. The SMILES string of the molecule is CCc1cc2c(C)cc(=O)oc2cc1OC(=O)CN(C)S(=O)(=O)c1ccc(F)cc1. The molecule has 0 unspecified atom stereocenters. The fourth-order valence-corrected chi connectivity index (χ4v) is 4.09. The lowest BCUT2D eigenvalue weighted by molar-refractivity contribution is -0.134. The van der Waals surface area contributed by atoms with E-state index in [2.05, 4.69) is 0 Å². The van der Waals surface area contributed by atoms with Crippen LogP contribution in [-0.2, 0) is 21.2 Å². The number of sulfonamides is 1. The molecule has 1 aromatic heterocycles. The first-order valence-electron chi connectivity index (χ1n) is 9.11. The highest BCUT2D eigenvalue weighted by Crippen LogP contribution is 2.28. The molecule has 7 nitrogen and oxygen atoms in total. The maximum atomic E-state index is 13.1. The molecule has 3 aromatic rings. The number of benzene rings is 2. The fraction of sp³-hybridized carbons (Fsp3) is 0.238. The molecule has 3 rings (SSSR count). The molecular weight excluding hydrogens is 413 g/mol. The average molecular weight is 433 g/mol. The fourth-order valence-electron chi connectivity index (χ4n) is 2.97. The van der Waals surface area contributed by atoms with Gasteiger partial charge in [0.2, 0.25) is 10.0 Å². The topological polar surface area (TPSA) is 93.9 Å². The lowest BCUT2D eigenvalue weighted by Crippen LogP contribution is -2.34. The molecule has 0 aliphatic heterocycles. The number of rotatable bonds is 6. The van der Waals surface area contributed by atoms with Crippen molar-refractivity contribution in [3.8, 4) is 5.75 Å². The van der Waals surface area contributed by atoms with Crippen LogP contribution >= 0.6 is 0 Å². The zero-order chi connectivity index (χ0) is 22.1. The van der Waals surface area contributed by atoms with E-state index in [4.69, 9.17) is 9.15 Å². The Balaban J connectivity index is 1.84. The van der Waals surface area contributed by atoms with Crippen LogP contribution in [-0.4, -0.2) is 32.3 Å². The molecule has 0 N–H and O–H groups in total. The van der Waals surface area contributed by atoms with Gasteiger partial charge in [-0.25, -0.2) is 17.6 Å². The maximum absolute atomic E-state index is 13.1. The number of aryl methyl sites for hydroxylation is 2. The van der Waals surface area contributed by atoms with E-state index in [1.807, 2.05) is 6.92 Å². The number of halogens is 1. The van der Waals surface area contributed by atoms with Gasteiger partial charge >= 0.3 is 11.6 Å². The van der Waals surface area contributed by atoms with Crippen LogP contribution in [0.25, 0.3) is 11.0 Å². The van der Waals surface area contributed by atoms with Crippen molar-refractivity contribution in [3.63, 3.8) is 0 Å². The number of hydrogen-bond donors (Lipinski definition) is 0. The highest BCUT2D eigenvalue weighted by Gasteiger charge is 2.24. The Bertz CT molecular complexity index is 1270. The zero-order valence-corrected chi connectivity index (χ0v) is 17.5. The second-order valence-corrected chi connectivity index (χ2v) is 8.79. The summed E-state index contributed by atoms with van der Waals surface area (Å²) in [5, 5.41) is 0.724. The molecule has 1 heterocycles. The number of fused-ring (bicyclic) bond motifs is 1. The molecule has 30 heavy (non-hydrogen) atoms. The summed E-state index contributed by atoms with van der Waals surface area (Å²) in [6.45, 7) is 3.09. The van der Waals surface area contributed by atoms with E-state index in [-0.39, 0.29) is 16.2 Å². The molecule has 0 saturated heterocycles. The third kappa shape index (κ3) is 4.42. The largest absolute Gasteiger partial charge is 0.425 e. The van der Waals surface area contributed by atoms with Gasteiger partial charge in [-0.05, 0) is 54.8 Å². The first-order chi connectivity index (χ1) is 14.1. The Kier molecular flexibility index (Phi) is 6.04. The molecule has 2 aromatic carbocycles. The third-order valence-electron chi connectivity index (χ3n) is 4.61. The van der Waals surface area contributed by atoms with Gasteiger partial charge in [0.15, 0.2) is 0 Å². The number of likely N-dealkylation sites (N-methyl/N-ethyl adjacent to an activating group) is 1. The van der Waals surface area contributed by atoms with Gasteiger partial charge < -0.3 is 9.15 Å². The van der Waals surface area contributed by atoms with Gasteiger partial charge in [-0.1, -0.05) is 6.92 Å². The summed E-state index contributed by atoms with van der Waals surface area (Å²) in [7, 11) is -2.77. The van der Waals surface area contributed by atoms with Crippen LogP contribution in [0.5, 0.6) is 5.75 Å². The van der Waals surface area contributed by atoms with Gasteiger partial charge in [-0.2, -0.15) is 4.31 Å². The molecular formula is C21H20FNO6S. The minimum absolute atomic E-state index is 0.142. The standard InChI is InChI=1S/C21H20FNO6S/c1-4-14-10-17-13(2)9-20(24)29-19(17)11-18(14)28-21(25)12-23(3)30(26,27)16-7-5-15(22)6-8-16/h5-11H,4,12H2,1-3H3. The van der Waals surface area contributed by atoms with Crippen LogP contribution < -0.4 is 10.4 Å². The van der Waals surface area contributed by atoms with Crippen molar-refractivity contribution < 1.29 is 26.8 Å². The van der Waals surface area contributed by atoms with Crippen LogP contribution in [0.15, 0.2) is 56.6 Å². The highest BCUT2D eigenvalue weighted by atomic mass is 32.2. The maximum Gasteiger partial charge on any atom is 0.336 e. The molecule has 0 spiro atoms. The van der Waals surface area contributed by atoms with Gasteiger partial charge in [-0.15, -0.1) is 0 Å². The molecule has 0 atom stereocenters. The van der Waals surface area contributed by atoms with Crippen molar-refractivity contribution in [2.24, 2.45) is 0 Å². The van der Waals surface area contributed by atoms with E-state index in [0.29, 0.717) is 12.0 Å². The van der Waals surface area contributed by atoms with Crippen LogP contribution in [0, 0.1) is 12.7 Å². The van der Waals surface area contributed by atoms with E-state index >= 15 is 0 Å². The van der Waals surface area contributed by atoms with Gasteiger partial charge in [-0.3, -0.25) is 4.79 Å². The van der Waals surface area contributed by atoms with Crippen molar-refractivity contribution in [3.05, 3.63) is 69.8 Å². The summed E-state index contributed by atoms with van der Waals surface area (Å²) in [5.74, 6) is -1.19. The van der Waals surface area contributed by atoms with E-state index in [1.165, 1.54) is 19.2 Å². The number of hydrogen-bond acceptors (Lipinski definition) is 6. The first kappa shape index (κ1) is 21.7. The molecule has 158 valence electrons. The van der Waals surface area contributed by atoms with Crippen molar-refractivity contribution in [2.45, 2.75) is 25.2 Å². The van der Waals surface area contributed by atoms with Crippen molar-refractivity contribution in [2.75, 3.05) is 13.6 Å². The van der Waals surface area contributed by atoms with E-state index in [0.717, 1.165) is 39.5 Å². The van der Waals surface area contributed by atoms with Crippen LogP contribution in [0.2, 0.25) is 0 Å². The van der Waals surface area contributed by atoms with E-state index < -0.39 is 34.0 Å². The predicted molar refractivity (Wildman–Crippen MR) is 108 cm³/mol. The van der Waals surface area contributed by atoms with E-state index in [1.54, 1.807) is 13.0 Å². The molecule has 0 amide bonds. The quantitative estimate of drug-likeness (QED) is 0.337. The molecule has 0 aliphatic carbocycles. The van der Waals surface area contributed by atoms with Crippen molar-refractivity contribution in [1.29, 1.82) is 0 Å². The number of carbonyl (C=O) groups is 1. The minimum atomic E-state index is -4.00. The highest BCUT2D eigenvalue weighted by molar-refractivity contribution is 7.89. The lowest BCUT2D eigenvalue weighted by atomic mass is 10.1. The Labute approximate surface area is 172 Å². The van der Waals surface area contributed by atoms with Gasteiger partial charge in [0, 0.05) is 24.6 Å². The van der Waals surface area contributed by atoms with Crippen LogP contribution in [0.4, 0.5) is 4.39 Å². The van der Waals surface area contributed by atoms with Crippen LogP contribution in [0.3, 0.4) is 0 Å². The number of esters is 1. The summed E-state index contributed by atoms with van der Waals surface area (Å²) in [5.41, 5.74) is 1.19. The molecule has 0 saturated carbocycles. The van der Waals surface area contributed by atoms with Crippen LogP contribution in [0.1, 0.15) is 18.1 Å². The summed E-state index contributed by atoms with van der Waals surface area (Å²) in [4.78, 5) is 23.9. The zero-order valence-electron chi connectivity index (χ0n) is 16.6. The van der Waals surface area contributed by atoms with E-state index in [9.17, 15) is 22.4 Å². The molecule has 0 fully saturated rings. The molecule has 9 heteroatoms. The number of carbonyl (C=O) groups excluding carboxylic acids is 1. The third-order valence-corrected chi connectivity index (χ3v) is 6.43.